The molecule has 0 aliphatic carbocycles. The number of hydrogen-bond acceptors (Lipinski definition) is 5. The normalized spacial score (nSPS) is 9.54. The van der Waals surface area contributed by atoms with Gasteiger partial charge in [0.15, 0.2) is 0 Å². The first-order valence-corrected chi connectivity index (χ1v) is 7.72. The fourth-order valence-corrected chi connectivity index (χ4v) is 1.97. The van der Waals surface area contributed by atoms with Crippen molar-refractivity contribution in [3.05, 3.63) is 45.5 Å². The number of ether oxygens (including phenoxy) is 1. The van der Waals surface area contributed by atoms with Crippen molar-refractivity contribution in [2.45, 2.75) is 45.4 Å². The number of rotatable bonds is 9. The van der Waals surface area contributed by atoms with Crippen LogP contribution in [0.1, 0.15) is 66.2 Å². The molecule has 0 saturated heterocycles. The maximum atomic E-state index is 11.8. The summed E-state index contributed by atoms with van der Waals surface area (Å²) in [5.74, 6) is -1.67. The van der Waals surface area contributed by atoms with Crippen LogP contribution in [-0.4, -0.2) is 33.9 Å². The molecule has 0 aromatic heterocycles. The van der Waals surface area contributed by atoms with Gasteiger partial charge in [-0.15, -0.1) is 10.1 Å². The van der Waals surface area contributed by atoms with Crippen molar-refractivity contribution < 1.29 is 29.7 Å². The van der Waals surface area contributed by atoms with Crippen LogP contribution >= 0.6 is 0 Å². The van der Waals surface area contributed by atoms with E-state index < -0.39 is 17.0 Å². The van der Waals surface area contributed by atoms with E-state index in [-0.39, 0.29) is 11.1 Å². The molecule has 0 heterocycles. The lowest BCUT2D eigenvalue weighted by Gasteiger charge is -2.07. The standard InChI is InChI=1S/C16H22O4.HNO3/c1-2-3-4-5-6-9-12-20-16(19)14-11-8-7-10-13(14)15(17)18;2-1(3)4/h7-8,10-11H,2-6,9,12H2,1H3,(H,17,18);(H,2,3,4). The summed E-state index contributed by atoms with van der Waals surface area (Å²) in [6.07, 6.45) is 6.68. The smallest absolute Gasteiger partial charge is 0.339 e. The monoisotopic (exact) mass is 341 g/mol. The summed E-state index contributed by atoms with van der Waals surface area (Å²) in [6.45, 7) is 2.51. The van der Waals surface area contributed by atoms with E-state index in [1.165, 1.54) is 31.4 Å². The van der Waals surface area contributed by atoms with Crippen LogP contribution in [0.5, 0.6) is 0 Å². The van der Waals surface area contributed by atoms with Crippen LogP contribution in [0.4, 0.5) is 0 Å². The Balaban J connectivity index is 0.00000118. The average molecular weight is 341 g/mol. The second-order valence-electron chi connectivity index (χ2n) is 4.99. The van der Waals surface area contributed by atoms with Gasteiger partial charge in [0.25, 0.3) is 5.09 Å². The Bertz CT molecular complexity index is 527. The number of carboxylic acid groups (broad SMARTS) is 1. The minimum Gasteiger partial charge on any atom is -0.478 e. The molecule has 0 radical (unpaired) electrons. The zero-order valence-electron chi connectivity index (χ0n) is 13.6. The van der Waals surface area contributed by atoms with E-state index in [0.717, 1.165) is 19.3 Å². The van der Waals surface area contributed by atoms with E-state index in [2.05, 4.69) is 6.92 Å². The van der Waals surface area contributed by atoms with Gasteiger partial charge in [-0.3, -0.25) is 0 Å². The fraction of sp³-hybridized carbons (Fsp3) is 0.500. The molecule has 0 aliphatic heterocycles. The van der Waals surface area contributed by atoms with Crippen molar-refractivity contribution in [2.75, 3.05) is 6.61 Å². The molecule has 1 rings (SSSR count). The highest BCUT2D eigenvalue weighted by molar-refractivity contribution is 6.02. The Hall–Kier alpha value is -2.64. The van der Waals surface area contributed by atoms with Crippen molar-refractivity contribution in [3.8, 4) is 0 Å². The van der Waals surface area contributed by atoms with E-state index in [0.29, 0.717) is 6.61 Å². The van der Waals surface area contributed by atoms with Crippen molar-refractivity contribution >= 4 is 11.9 Å². The lowest BCUT2D eigenvalue weighted by Crippen LogP contribution is -2.12. The molecule has 2 N–H and O–H groups in total. The number of hydrogen-bond donors (Lipinski definition) is 2. The summed E-state index contributed by atoms with van der Waals surface area (Å²) in [4.78, 5) is 31.2. The number of esters is 1. The zero-order valence-corrected chi connectivity index (χ0v) is 13.6. The van der Waals surface area contributed by atoms with Crippen LogP contribution in [0.15, 0.2) is 24.3 Å². The largest absolute Gasteiger partial charge is 0.478 e. The van der Waals surface area contributed by atoms with Crippen LogP contribution in [0.3, 0.4) is 0 Å². The molecule has 0 aliphatic rings. The van der Waals surface area contributed by atoms with Crippen molar-refractivity contribution in [2.24, 2.45) is 0 Å². The maximum absolute atomic E-state index is 11.8. The van der Waals surface area contributed by atoms with Crippen molar-refractivity contribution in [1.82, 2.24) is 0 Å². The van der Waals surface area contributed by atoms with Crippen LogP contribution in [-0.2, 0) is 4.74 Å². The van der Waals surface area contributed by atoms with Gasteiger partial charge in [0.2, 0.25) is 0 Å². The lowest BCUT2D eigenvalue weighted by molar-refractivity contribution is -0.742. The summed E-state index contributed by atoms with van der Waals surface area (Å²) in [5.41, 5.74) is 0.103. The van der Waals surface area contributed by atoms with Gasteiger partial charge >= 0.3 is 11.9 Å². The second-order valence-corrected chi connectivity index (χ2v) is 4.99. The molecule has 0 unspecified atom stereocenters. The molecule has 134 valence electrons. The average Bonchev–Trinajstić information content (AvgIpc) is 2.53. The summed E-state index contributed by atoms with van der Waals surface area (Å²) < 4.78 is 5.12. The summed E-state index contributed by atoms with van der Waals surface area (Å²) in [5, 5.41) is 22.6. The molecule has 0 amide bonds. The third kappa shape index (κ3) is 10.1. The molecular formula is C16H23NO7. The molecule has 0 spiro atoms. The molecule has 1 aromatic carbocycles. The molecule has 8 nitrogen and oxygen atoms in total. The highest BCUT2D eigenvalue weighted by atomic mass is 16.9. The predicted octanol–water partition coefficient (Wildman–Crippen LogP) is 3.55. The third-order valence-electron chi connectivity index (χ3n) is 3.11. The van der Waals surface area contributed by atoms with Crippen LogP contribution < -0.4 is 0 Å². The summed E-state index contributed by atoms with van der Waals surface area (Å²) in [6, 6.07) is 6.11. The summed E-state index contributed by atoms with van der Waals surface area (Å²) >= 11 is 0. The first kappa shape index (κ1) is 21.4. The van der Waals surface area contributed by atoms with Gasteiger partial charge in [-0.25, -0.2) is 9.59 Å². The third-order valence-corrected chi connectivity index (χ3v) is 3.11. The number of carbonyl (C=O) groups is 2. The van der Waals surface area contributed by atoms with Crippen molar-refractivity contribution in [3.63, 3.8) is 0 Å². The number of aromatic carboxylic acids is 1. The Labute approximate surface area is 140 Å². The first-order chi connectivity index (χ1) is 11.4. The minimum atomic E-state index is -1.50. The second kappa shape index (κ2) is 12.9. The van der Waals surface area contributed by atoms with Gasteiger partial charge in [-0.05, 0) is 18.6 Å². The molecule has 0 atom stereocenters. The molecule has 0 bridgehead atoms. The number of carboxylic acids is 1. The topological polar surface area (TPSA) is 127 Å². The molecule has 24 heavy (non-hydrogen) atoms. The lowest BCUT2D eigenvalue weighted by atomic mass is 10.1. The van der Waals surface area contributed by atoms with Gasteiger partial charge in [0.1, 0.15) is 0 Å². The summed E-state index contributed by atoms with van der Waals surface area (Å²) in [7, 11) is 0. The first-order valence-electron chi connectivity index (χ1n) is 7.72. The van der Waals surface area contributed by atoms with Crippen LogP contribution in [0, 0.1) is 10.1 Å². The predicted molar refractivity (Wildman–Crippen MR) is 85.8 cm³/mol. The molecule has 1 aromatic rings. The van der Waals surface area contributed by atoms with Gasteiger partial charge in [0.05, 0.1) is 17.7 Å². The number of nitrogens with zero attached hydrogens (tertiary/aromatic N) is 1. The number of carbonyl (C=O) groups excluding carboxylic acids is 1. The molecular weight excluding hydrogens is 318 g/mol. The fourth-order valence-electron chi connectivity index (χ4n) is 1.97. The van der Waals surface area contributed by atoms with Crippen molar-refractivity contribution in [1.29, 1.82) is 0 Å². The highest BCUT2D eigenvalue weighted by Gasteiger charge is 2.16. The highest BCUT2D eigenvalue weighted by Crippen LogP contribution is 2.11. The molecule has 0 fully saturated rings. The molecule has 0 saturated carbocycles. The Morgan fingerprint density at radius 1 is 1.08 bits per heavy atom. The number of unbranched alkanes of at least 4 members (excludes halogenated alkanes) is 5. The van der Waals surface area contributed by atoms with Gasteiger partial charge in [-0.1, -0.05) is 51.2 Å². The van der Waals surface area contributed by atoms with E-state index >= 15 is 0 Å². The van der Waals surface area contributed by atoms with Crippen LogP contribution in [0.25, 0.3) is 0 Å². The quantitative estimate of drug-likeness (QED) is 0.304. The van der Waals surface area contributed by atoms with E-state index in [4.69, 9.17) is 25.2 Å². The molecule has 8 heteroatoms. The van der Waals surface area contributed by atoms with Crippen LogP contribution in [0.2, 0.25) is 0 Å². The zero-order chi connectivity index (χ0) is 18.4. The Morgan fingerprint density at radius 3 is 2.12 bits per heavy atom. The SMILES string of the molecule is CCCCCCCCOC(=O)c1ccccc1C(=O)O.O=[N+]([O-])O. The minimum absolute atomic E-state index is 0.0135. The van der Waals surface area contributed by atoms with Gasteiger partial charge < -0.3 is 15.1 Å². The Morgan fingerprint density at radius 2 is 1.58 bits per heavy atom. The Kier molecular flexibility index (Phi) is 11.4. The maximum Gasteiger partial charge on any atom is 0.339 e. The van der Waals surface area contributed by atoms with Gasteiger partial charge in [-0.2, -0.15) is 0 Å². The number of benzene rings is 1. The van der Waals surface area contributed by atoms with E-state index in [1.54, 1.807) is 12.1 Å². The van der Waals surface area contributed by atoms with E-state index in [9.17, 15) is 9.59 Å². The van der Waals surface area contributed by atoms with Gasteiger partial charge in [0, 0.05) is 0 Å². The van der Waals surface area contributed by atoms with E-state index in [1.807, 2.05) is 0 Å².